The summed E-state index contributed by atoms with van der Waals surface area (Å²) in [5.41, 5.74) is 5.46. The summed E-state index contributed by atoms with van der Waals surface area (Å²) >= 11 is 3.21. The first-order chi connectivity index (χ1) is 9.22. The first-order valence-corrected chi connectivity index (χ1v) is 7.78. The zero-order valence-corrected chi connectivity index (χ0v) is 13.4. The molecule has 0 aliphatic rings. The summed E-state index contributed by atoms with van der Waals surface area (Å²) in [6.07, 6.45) is 0. The van der Waals surface area contributed by atoms with Gasteiger partial charge in [-0.05, 0) is 24.3 Å². The van der Waals surface area contributed by atoms with Crippen LogP contribution in [-0.2, 0) is 14.8 Å². The Morgan fingerprint density at radius 2 is 1.90 bits per heavy atom. The summed E-state index contributed by atoms with van der Waals surface area (Å²) in [7, 11) is -0.657. The number of likely N-dealkylation sites (N-methyl/N-ethyl adjacent to an activating group) is 1. The van der Waals surface area contributed by atoms with Crippen LogP contribution in [0.2, 0.25) is 0 Å². The number of guanidine groups is 1. The third kappa shape index (κ3) is 4.82. The molecule has 1 aromatic rings. The van der Waals surface area contributed by atoms with Crippen molar-refractivity contribution in [2.75, 3.05) is 20.6 Å². The second-order valence-corrected chi connectivity index (χ2v) is 6.65. The van der Waals surface area contributed by atoms with E-state index in [1.807, 2.05) is 0 Å². The summed E-state index contributed by atoms with van der Waals surface area (Å²) in [6, 6.07) is 6.03. The molecule has 1 rings (SSSR count). The molecule has 3 N–H and O–H groups in total. The molecule has 110 valence electrons. The fourth-order valence-electron chi connectivity index (χ4n) is 1.14. The predicted molar refractivity (Wildman–Crippen MR) is 79.6 cm³/mol. The van der Waals surface area contributed by atoms with Crippen LogP contribution in [0, 0.1) is 0 Å². The largest absolute Gasteiger partial charge is 0.369 e. The smallest absolute Gasteiger partial charge is 0.264 e. The van der Waals surface area contributed by atoms with Gasteiger partial charge in [-0.15, -0.1) is 0 Å². The molecule has 0 saturated carbocycles. The topological polar surface area (TPSA) is 105 Å². The first-order valence-electron chi connectivity index (χ1n) is 5.51. The van der Waals surface area contributed by atoms with Crippen LogP contribution < -0.4 is 10.5 Å². The van der Waals surface area contributed by atoms with Crippen molar-refractivity contribution in [2.45, 2.75) is 4.90 Å². The lowest BCUT2D eigenvalue weighted by Gasteiger charge is -2.09. The third-order valence-corrected chi connectivity index (χ3v) is 4.15. The molecule has 0 aromatic heterocycles. The average molecular weight is 363 g/mol. The van der Waals surface area contributed by atoms with E-state index in [4.69, 9.17) is 5.73 Å². The maximum absolute atomic E-state index is 11.9. The maximum Gasteiger partial charge on any atom is 0.264 e. The van der Waals surface area contributed by atoms with E-state index in [1.54, 1.807) is 26.2 Å². The molecule has 0 aliphatic carbocycles. The van der Waals surface area contributed by atoms with Crippen LogP contribution in [0.15, 0.2) is 38.6 Å². The van der Waals surface area contributed by atoms with Gasteiger partial charge in [0.15, 0.2) is 0 Å². The number of carbonyl (C=O) groups is 1. The van der Waals surface area contributed by atoms with Crippen molar-refractivity contribution in [3.63, 3.8) is 0 Å². The number of benzene rings is 1. The highest BCUT2D eigenvalue weighted by Gasteiger charge is 2.15. The van der Waals surface area contributed by atoms with Gasteiger partial charge in [-0.1, -0.05) is 15.9 Å². The fourth-order valence-corrected chi connectivity index (χ4v) is 2.35. The first kappa shape index (κ1) is 16.4. The minimum absolute atomic E-state index is 0.0535. The standard InChI is InChI=1S/C11H15BrN4O3S/c1-16(2)10(17)7-14-11(13)15-20(18,19)9-5-3-8(12)4-6-9/h3-6H,7H2,1-2H3,(H3,13,14,15). The van der Waals surface area contributed by atoms with E-state index in [9.17, 15) is 13.2 Å². The highest BCUT2D eigenvalue weighted by molar-refractivity contribution is 9.10. The summed E-state index contributed by atoms with van der Waals surface area (Å²) in [5.74, 6) is -0.612. The monoisotopic (exact) mass is 362 g/mol. The molecule has 0 fully saturated rings. The molecule has 20 heavy (non-hydrogen) atoms. The van der Waals surface area contributed by atoms with Crippen LogP contribution in [0.25, 0.3) is 0 Å². The Morgan fingerprint density at radius 3 is 2.40 bits per heavy atom. The van der Waals surface area contributed by atoms with Crippen LogP contribution in [0.4, 0.5) is 0 Å². The van der Waals surface area contributed by atoms with Crippen molar-refractivity contribution in [3.05, 3.63) is 28.7 Å². The van der Waals surface area contributed by atoms with E-state index in [1.165, 1.54) is 17.0 Å². The highest BCUT2D eigenvalue weighted by atomic mass is 79.9. The number of sulfonamides is 1. The molecule has 9 heteroatoms. The number of nitrogens with zero attached hydrogens (tertiary/aromatic N) is 2. The summed E-state index contributed by atoms with van der Waals surface area (Å²) in [4.78, 5) is 16.4. The molecule has 0 spiro atoms. The number of nitrogens with two attached hydrogens (primary N) is 1. The van der Waals surface area contributed by atoms with Crippen LogP contribution in [-0.4, -0.2) is 45.8 Å². The van der Waals surface area contributed by atoms with Crippen molar-refractivity contribution < 1.29 is 13.2 Å². The van der Waals surface area contributed by atoms with E-state index in [0.29, 0.717) is 0 Å². The van der Waals surface area contributed by atoms with Gasteiger partial charge < -0.3 is 10.6 Å². The quantitative estimate of drug-likeness (QED) is 0.586. The normalized spacial score (nSPS) is 12.1. The van der Waals surface area contributed by atoms with Gasteiger partial charge in [-0.3, -0.25) is 4.79 Å². The van der Waals surface area contributed by atoms with E-state index in [2.05, 4.69) is 25.6 Å². The molecular weight excluding hydrogens is 348 g/mol. The second-order valence-electron chi connectivity index (χ2n) is 4.05. The van der Waals surface area contributed by atoms with Crippen molar-refractivity contribution in [1.29, 1.82) is 0 Å². The van der Waals surface area contributed by atoms with Gasteiger partial charge in [0, 0.05) is 18.6 Å². The number of nitrogens with one attached hydrogen (secondary N) is 1. The van der Waals surface area contributed by atoms with Crippen LogP contribution in [0.3, 0.4) is 0 Å². The van der Waals surface area contributed by atoms with Gasteiger partial charge in [0.25, 0.3) is 10.0 Å². The summed E-state index contributed by atoms with van der Waals surface area (Å²) in [6.45, 7) is -0.221. The highest BCUT2D eigenvalue weighted by Crippen LogP contribution is 2.14. The lowest BCUT2D eigenvalue weighted by molar-refractivity contribution is -0.127. The number of hydrogen-bond donors (Lipinski definition) is 2. The van der Waals surface area contributed by atoms with Gasteiger partial charge in [0.05, 0.1) is 4.90 Å². The Morgan fingerprint density at radius 1 is 1.35 bits per heavy atom. The number of rotatable bonds is 4. The number of halogens is 1. The lowest BCUT2D eigenvalue weighted by atomic mass is 10.4. The van der Waals surface area contributed by atoms with Crippen molar-refractivity contribution in [1.82, 2.24) is 9.62 Å². The Hall–Kier alpha value is -1.61. The molecule has 0 heterocycles. The molecule has 0 unspecified atom stereocenters. The van der Waals surface area contributed by atoms with Crippen LogP contribution >= 0.6 is 15.9 Å². The molecule has 0 bridgehead atoms. The fraction of sp³-hybridized carbons (Fsp3) is 0.273. The van der Waals surface area contributed by atoms with Crippen molar-refractivity contribution >= 4 is 37.8 Å². The number of aliphatic imine (C=N–C) groups is 1. The van der Waals surface area contributed by atoms with E-state index in [-0.39, 0.29) is 23.3 Å². The molecule has 7 nitrogen and oxygen atoms in total. The average Bonchev–Trinajstić information content (AvgIpc) is 2.35. The van der Waals surface area contributed by atoms with Crippen LogP contribution in [0.1, 0.15) is 0 Å². The molecule has 1 aromatic carbocycles. The molecular formula is C11H15BrN4O3S. The van der Waals surface area contributed by atoms with Gasteiger partial charge in [0.1, 0.15) is 6.54 Å². The van der Waals surface area contributed by atoms with Gasteiger partial charge >= 0.3 is 0 Å². The molecule has 0 radical (unpaired) electrons. The summed E-state index contributed by atoms with van der Waals surface area (Å²) in [5, 5.41) is 0. The zero-order chi connectivity index (χ0) is 15.3. The number of amides is 1. The molecule has 0 atom stereocenters. The SMILES string of the molecule is CN(C)C(=O)CN=C(N)NS(=O)(=O)c1ccc(Br)cc1. The Balaban J connectivity index is 2.78. The van der Waals surface area contributed by atoms with E-state index in [0.717, 1.165) is 4.47 Å². The van der Waals surface area contributed by atoms with Crippen molar-refractivity contribution in [2.24, 2.45) is 10.7 Å². The number of carbonyl (C=O) groups excluding carboxylic acids is 1. The van der Waals surface area contributed by atoms with Crippen LogP contribution in [0.5, 0.6) is 0 Å². The van der Waals surface area contributed by atoms with Gasteiger partial charge in [-0.2, -0.15) is 0 Å². The maximum atomic E-state index is 11.9. The molecule has 0 saturated heterocycles. The second kappa shape index (κ2) is 6.71. The van der Waals surface area contributed by atoms with Gasteiger partial charge in [0.2, 0.25) is 11.9 Å². The van der Waals surface area contributed by atoms with Gasteiger partial charge in [-0.25, -0.2) is 18.1 Å². The van der Waals surface area contributed by atoms with E-state index >= 15 is 0 Å². The zero-order valence-electron chi connectivity index (χ0n) is 11.0. The van der Waals surface area contributed by atoms with E-state index < -0.39 is 10.0 Å². The molecule has 0 aliphatic heterocycles. The van der Waals surface area contributed by atoms with Crippen molar-refractivity contribution in [3.8, 4) is 0 Å². The third-order valence-electron chi connectivity index (χ3n) is 2.25. The predicted octanol–water partition coefficient (Wildman–Crippen LogP) is 0.130. The summed E-state index contributed by atoms with van der Waals surface area (Å²) < 4.78 is 26.8. The lowest BCUT2D eigenvalue weighted by Crippen LogP contribution is -2.37. The Kier molecular flexibility index (Phi) is 5.52. The minimum Gasteiger partial charge on any atom is -0.369 e. The molecule has 1 amide bonds. The Bertz CT molecular complexity index is 611. The minimum atomic E-state index is -3.80. The number of hydrogen-bond acceptors (Lipinski definition) is 4. The Labute approximate surface area is 126 Å².